The highest BCUT2D eigenvalue weighted by Crippen LogP contribution is 2.38. The van der Waals surface area contributed by atoms with Crippen LogP contribution in [0.1, 0.15) is 16.6 Å². The minimum atomic E-state index is -0.0265. The maximum absolute atomic E-state index is 11.9. The van der Waals surface area contributed by atoms with Crippen LogP contribution in [0.15, 0.2) is 23.1 Å². The van der Waals surface area contributed by atoms with Gasteiger partial charge in [-0.3, -0.25) is 4.79 Å². The van der Waals surface area contributed by atoms with Crippen LogP contribution in [0.4, 0.5) is 5.69 Å². The Labute approximate surface area is 102 Å². The molecule has 0 aromatic carbocycles. The van der Waals surface area contributed by atoms with Gasteiger partial charge in [0, 0.05) is 7.05 Å². The molecule has 0 aliphatic carbocycles. The molecule has 6 heteroatoms. The number of fused-ring (bicyclic) bond motifs is 1. The van der Waals surface area contributed by atoms with Crippen LogP contribution in [-0.2, 0) is 0 Å². The van der Waals surface area contributed by atoms with Gasteiger partial charge in [0.2, 0.25) is 0 Å². The Morgan fingerprint density at radius 1 is 1.59 bits per heavy atom. The second-order valence-electron chi connectivity index (χ2n) is 3.95. The summed E-state index contributed by atoms with van der Waals surface area (Å²) in [6.45, 7) is 1.95. The van der Waals surface area contributed by atoms with Crippen LogP contribution in [0.5, 0.6) is 0 Å². The number of anilines is 1. The van der Waals surface area contributed by atoms with Gasteiger partial charge in [0.1, 0.15) is 4.88 Å². The molecule has 3 heterocycles. The minimum absolute atomic E-state index is 0.00664. The second-order valence-corrected chi connectivity index (χ2v) is 5.00. The maximum Gasteiger partial charge on any atom is 0.265 e. The van der Waals surface area contributed by atoms with Crippen LogP contribution in [0, 0.1) is 0 Å². The number of carbonyl (C=O) groups excluding carboxylic acids is 1. The largest absolute Gasteiger partial charge is 0.443 e. The fourth-order valence-corrected chi connectivity index (χ4v) is 2.88. The molecule has 0 bridgehead atoms. The Balaban J connectivity index is 2.11. The second kappa shape index (κ2) is 3.59. The molecular weight excluding hydrogens is 238 g/mol. The molecule has 1 aliphatic heterocycles. The monoisotopic (exact) mass is 249 g/mol. The fourth-order valence-electron chi connectivity index (χ4n) is 1.83. The Hall–Kier alpha value is -1.82. The Kier molecular flexibility index (Phi) is 2.19. The topological polar surface area (TPSA) is 58.4 Å². The zero-order chi connectivity index (χ0) is 12.0. The predicted molar refractivity (Wildman–Crippen MR) is 65.1 cm³/mol. The lowest BCUT2D eigenvalue weighted by Gasteiger charge is -2.31. The zero-order valence-corrected chi connectivity index (χ0v) is 10.2. The molecule has 88 valence electrons. The van der Waals surface area contributed by atoms with Gasteiger partial charge < -0.3 is 14.6 Å². The zero-order valence-electron chi connectivity index (χ0n) is 9.43. The van der Waals surface area contributed by atoms with E-state index in [9.17, 15) is 4.79 Å². The highest BCUT2D eigenvalue weighted by atomic mass is 32.1. The number of nitrogens with zero attached hydrogens (tertiary/aromatic N) is 2. The minimum Gasteiger partial charge on any atom is -0.443 e. The Morgan fingerprint density at radius 3 is 3.12 bits per heavy atom. The van der Waals surface area contributed by atoms with Crippen LogP contribution in [0.25, 0.3) is 10.6 Å². The van der Waals surface area contributed by atoms with Gasteiger partial charge in [0.15, 0.2) is 12.2 Å². The summed E-state index contributed by atoms with van der Waals surface area (Å²) in [7, 11) is 1.96. The van der Waals surface area contributed by atoms with Crippen molar-refractivity contribution < 1.29 is 9.21 Å². The third-order valence-corrected chi connectivity index (χ3v) is 4.03. The molecule has 0 fully saturated rings. The average molecular weight is 249 g/mol. The SMILES string of the molecule is CC1NC(=O)c2sc(-c3cnco3)cc2N1C. The first kappa shape index (κ1) is 10.3. The molecule has 1 aliphatic rings. The molecule has 2 aromatic heterocycles. The van der Waals surface area contributed by atoms with Crippen LogP contribution < -0.4 is 10.2 Å². The summed E-state index contributed by atoms with van der Waals surface area (Å²) < 4.78 is 5.24. The van der Waals surface area contributed by atoms with E-state index < -0.39 is 0 Å². The maximum atomic E-state index is 11.9. The first-order valence-corrected chi connectivity index (χ1v) is 6.05. The van der Waals surface area contributed by atoms with E-state index in [1.165, 1.54) is 17.7 Å². The van der Waals surface area contributed by atoms with Gasteiger partial charge in [-0.15, -0.1) is 11.3 Å². The summed E-state index contributed by atoms with van der Waals surface area (Å²) in [4.78, 5) is 19.4. The van der Waals surface area contributed by atoms with Crippen molar-refractivity contribution in [3.05, 3.63) is 23.5 Å². The molecule has 1 unspecified atom stereocenters. The van der Waals surface area contributed by atoms with E-state index in [0.717, 1.165) is 15.4 Å². The first-order valence-electron chi connectivity index (χ1n) is 5.23. The summed E-state index contributed by atoms with van der Waals surface area (Å²) >= 11 is 1.42. The third-order valence-electron chi connectivity index (χ3n) is 2.89. The third kappa shape index (κ3) is 1.52. The molecule has 0 saturated heterocycles. The summed E-state index contributed by atoms with van der Waals surface area (Å²) in [6.07, 6.45) is 3.05. The number of hydrogen-bond donors (Lipinski definition) is 1. The molecule has 1 atom stereocenters. The number of hydrogen-bond acceptors (Lipinski definition) is 5. The Bertz CT molecular complexity index is 561. The fraction of sp³-hybridized carbons (Fsp3) is 0.273. The number of nitrogens with one attached hydrogen (secondary N) is 1. The molecule has 0 radical (unpaired) electrons. The van der Waals surface area contributed by atoms with Crippen LogP contribution >= 0.6 is 11.3 Å². The van der Waals surface area contributed by atoms with Crippen LogP contribution in [-0.4, -0.2) is 24.1 Å². The lowest BCUT2D eigenvalue weighted by Crippen LogP contribution is -2.48. The van der Waals surface area contributed by atoms with Crippen LogP contribution in [0.2, 0.25) is 0 Å². The van der Waals surface area contributed by atoms with Gasteiger partial charge in [0.05, 0.1) is 22.9 Å². The summed E-state index contributed by atoms with van der Waals surface area (Å²) in [6, 6.07) is 1.97. The summed E-state index contributed by atoms with van der Waals surface area (Å²) in [5.41, 5.74) is 0.942. The molecule has 0 saturated carbocycles. The molecule has 1 amide bonds. The van der Waals surface area contributed by atoms with E-state index in [2.05, 4.69) is 10.3 Å². The van der Waals surface area contributed by atoms with Crippen molar-refractivity contribution in [3.63, 3.8) is 0 Å². The van der Waals surface area contributed by atoms with Crippen LogP contribution in [0.3, 0.4) is 0 Å². The van der Waals surface area contributed by atoms with E-state index in [4.69, 9.17) is 4.42 Å². The van der Waals surface area contributed by atoms with E-state index in [1.54, 1.807) is 6.20 Å². The van der Waals surface area contributed by atoms with Crippen molar-refractivity contribution in [1.82, 2.24) is 10.3 Å². The molecule has 0 spiro atoms. The summed E-state index contributed by atoms with van der Waals surface area (Å²) in [5, 5.41) is 2.89. The van der Waals surface area contributed by atoms with E-state index in [-0.39, 0.29) is 12.1 Å². The van der Waals surface area contributed by atoms with E-state index in [1.807, 2.05) is 24.9 Å². The smallest absolute Gasteiger partial charge is 0.265 e. The first-order chi connectivity index (χ1) is 8.16. The van der Waals surface area contributed by atoms with E-state index >= 15 is 0 Å². The lowest BCUT2D eigenvalue weighted by molar-refractivity contribution is 0.0937. The molecule has 2 aromatic rings. The van der Waals surface area contributed by atoms with Gasteiger partial charge in [-0.25, -0.2) is 4.98 Å². The predicted octanol–water partition coefficient (Wildman–Crippen LogP) is 1.93. The van der Waals surface area contributed by atoms with E-state index in [0.29, 0.717) is 5.76 Å². The van der Waals surface area contributed by atoms with Gasteiger partial charge >= 0.3 is 0 Å². The molecular formula is C11H11N3O2S. The van der Waals surface area contributed by atoms with Gasteiger partial charge in [-0.05, 0) is 13.0 Å². The van der Waals surface area contributed by atoms with Crippen molar-refractivity contribution in [2.45, 2.75) is 13.1 Å². The summed E-state index contributed by atoms with van der Waals surface area (Å²) in [5.74, 6) is 0.666. The van der Waals surface area contributed by atoms with Gasteiger partial charge in [-0.1, -0.05) is 0 Å². The van der Waals surface area contributed by atoms with Crippen molar-refractivity contribution in [1.29, 1.82) is 0 Å². The molecule has 17 heavy (non-hydrogen) atoms. The number of amides is 1. The number of aromatic nitrogens is 1. The highest BCUT2D eigenvalue weighted by molar-refractivity contribution is 7.18. The van der Waals surface area contributed by atoms with Gasteiger partial charge in [0.25, 0.3) is 5.91 Å². The van der Waals surface area contributed by atoms with Crippen molar-refractivity contribution in [3.8, 4) is 10.6 Å². The number of oxazole rings is 1. The molecule has 3 rings (SSSR count). The lowest BCUT2D eigenvalue weighted by atomic mass is 10.2. The standard InChI is InChI=1S/C11H11N3O2S/c1-6-13-11(15)10-7(14(6)2)3-9(17-10)8-4-12-5-16-8/h3-6H,1-2H3,(H,13,15). The number of rotatable bonds is 1. The van der Waals surface area contributed by atoms with Crippen molar-refractivity contribution in [2.24, 2.45) is 0 Å². The molecule has 5 nitrogen and oxygen atoms in total. The average Bonchev–Trinajstić information content (AvgIpc) is 2.94. The Morgan fingerprint density at radius 2 is 2.41 bits per heavy atom. The van der Waals surface area contributed by atoms with Gasteiger partial charge in [-0.2, -0.15) is 0 Å². The highest BCUT2D eigenvalue weighted by Gasteiger charge is 2.28. The molecule has 1 N–H and O–H groups in total. The normalized spacial score (nSPS) is 19.1. The number of thiophene rings is 1. The van der Waals surface area contributed by atoms with Crippen molar-refractivity contribution in [2.75, 3.05) is 11.9 Å². The number of carbonyl (C=O) groups is 1. The van der Waals surface area contributed by atoms with Crippen molar-refractivity contribution >= 4 is 22.9 Å². The quantitative estimate of drug-likeness (QED) is 0.839.